The Morgan fingerprint density at radius 3 is 2.70 bits per heavy atom. The van der Waals surface area contributed by atoms with Crippen LogP contribution in [0.15, 0.2) is 30.6 Å². The topological polar surface area (TPSA) is 39.9 Å². The fourth-order valence-electron chi connectivity index (χ4n) is 3.49. The third-order valence-corrected chi connectivity index (χ3v) is 4.89. The summed E-state index contributed by atoms with van der Waals surface area (Å²) in [5.74, 6) is 0.874. The van der Waals surface area contributed by atoms with Crippen molar-refractivity contribution in [1.29, 1.82) is 0 Å². The minimum Gasteiger partial charge on any atom is -0.497 e. The Labute approximate surface area is 140 Å². The summed E-state index contributed by atoms with van der Waals surface area (Å²) in [6.45, 7) is 0.795. The van der Waals surface area contributed by atoms with Crippen molar-refractivity contribution in [3.63, 3.8) is 0 Å². The van der Waals surface area contributed by atoms with Gasteiger partial charge in [0.1, 0.15) is 22.9 Å². The lowest BCUT2D eigenvalue weighted by Gasteiger charge is -2.15. The Balaban J connectivity index is 1.83. The smallest absolute Gasteiger partial charge is 0.145 e. The summed E-state index contributed by atoms with van der Waals surface area (Å²) < 4.78 is 7.54. The number of benzene rings is 1. The standard InChI is InChI=1S/C18H18ClN3O/c1-23-13-8-6-12(7-9-13)10-22-15-5-3-2-4-14(15)16-17(19)20-11-21-18(16)22/h6-9,11H,2-5,10H2,1H3. The fourth-order valence-corrected chi connectivity index (χ4v) is 3.73. The zero-order chi connectivity index (χ0) is 15.8. The van der Waals surface area contributed by atoms with E-state index in [0.717, 1.165) is 36.2 Å². The van der Waals surface area contributed by atoms with E-state index in [2.05, 4.69) is 26.7 Å². The van der Waals surface area contributed by atoms with Gasteiger partial charge in [-0.25, -0.2) is 9.97 Å². The molecule has 5 heteroatoms. The van der Waals surface area contributed by atoms with E-state index in [1.165, 1.54) is 29.7 Å². The highest BCUT2D eigenvalue weighted by atomic mass is 35.5. The number of hydrogen-bond acceptors (Lipinski definition) is 3. The summed E-state index contributed by atoms with van der Waals surface area (Å²) in [6.07, 6.45) is 6.13. The third-order valence-electron chi connectivity index (χ3n) is 4.60. The van der Waals surface area contributed by atoms with E-state index in [-0.39, 0.29) is 0 Å². The molecule has 0 saturated carbocycles. The first-order valence-electron chi connectivity index (χ1n) is 7.91. The summed E-state index contributed by atoms with van der Waals surface area (Å²) in [4.78, 5) is 8.70. The maximum Gasteiger partial charge on any atom is 0.145 e. The maximum absolute atomic E-state index is 6.37. The van der Waals surface area contributed by atoms with E-state index >= 15 is 0 Å². The van der Waals surface area contributed by atoms with Gasteiger partial charge in [-0.15, -0.1) is 0 Å². The normalized spacial score (nSPS) is 14.0. The van der Waals surface area contributed by atoms with E-state index in [4.69, 9.17) is 16.3 Å². The first kappa shape index (κ1) is 14.5. The van der Waals surface area contributed by atoms with Gasteiger partial charge in [0.2, 0.25) is 0 Å². The molecule has 0 fully saturated rings. The van der Waals surface area contributed by atoms with Crippen LogP contribution < -0.4 is 4.74 Å². The highest BCUT2D eigenvalue weighted by Crippen LogP contribution is 2.34. The lowest BCUT2D eigenvalue weighted by atomic mass is 9.96. The van der Waals surface area contributed by atoms with E-state index in [1.54, 1.807) is 13.4 Å². The molecular weight excluding hydrogens is 310 g/mol. The van der Waals surface area contributed by atoms with Gasteiger partial charge in [0.05, 0.1) is 12.5 Å². The van der Waals surface area contributed by atoms with Gasteiger partial charge in [0.15, 0.2) is 0 Å². The van der Waals surface area contributed by atoms with Crippen molar-refractivity contribution in [2.75, 3.05) is 7.11 Å². The van der Waals surface area contributed by atoms with Crippen molar-refractivity contribution < 1.29 is 4.74 Å². The number of fused-ring (bicyclic) bond motifs is 3. The van der Waals surface area contributed by atoms with Crippen LogP contribution in [0.25, 0.3) is 11.0 Å². The number of rotatable bonds is 3. The van der Waals surface area contributed by atoms with E-state index < -0.39 is 0 Å². The zero-order valence-electron chi connectivity index (χ0n) is 13.1. The van der Waals surface area contributed by atoms with Crippen LogP contribution in [0, 0.1) is 0 Å². The van der Waals surface area contributed by atoms with Crippen LogP contribution in [-0.2, 0) is 19.4 Å². The van der Waals surface area contributed by atoms with Gasteiger partial charge in [-0.05, 0) is 48.9 Å². The minimum atomic E-state index is 0.571. The molecule has 0 atom stereocenters. The largest absolute Gasteiger partial charge is 0.497 e. The lowest BCUT2D eigenvalue weighted by Crippen LogP contribution is -2.09. The molecule has 3 aromatic rings. The second-order valence-corrected chi connectivity index (χ2v) is 6.29. The summed E-state index contributed by atoms with van der Waals surface area (Å²) in [6, 6.07) is 8.19. The lowest BCUT2D eigenvalue weighted by molar-refractivity contribution is 0.414. The number of halogens is 1. The molecule has 0 unspecified atom stereocenters. The van der Waals surface area contributed by atoms with Gasteiger partial charge in [-0.2, -0.15) is 0 Å². The van der Waals surface area contributed by atoms with Crippen LogP contribution in [0.1, 0.15) is 29.7 Å². The third kappa shape index (κ3) is 2.47. The van der Waals surface area contributed by atoms with Crippen molar-refractivity contribution in [1.82, 2.24) is 14.5 Å². The fraction of sp³-hybridized carbons (Fsp3) is 0.333. The first-order valence-corrected chi connectivity index (χ1v) is 8.29. The molecule has 1 aliphatic rings. The summed E-state index contributed by atoms with van der Waals surface area (Å²) >= 11 is 6.37. The Hall–Kier alpha value is -2.07. The summed E-state index contributed by atoms with van der Waals surface area (Å²) in [7, 11) is 1.68. The summed E-state index contributed by atoms with van der Waals surface area (Å²) in [5.41, 5.74) is 4.88. The molecule has 1 aliphatic carbocycles. The highest BCUT2D eigenvalue weighted by molar-refractivity contribution is 6.34. The zero-order valence-corrected chi connectivity index (χ0v) is 13.8. The van der Waals surface area contributed by atoms with Crippen LogP contribution in [-0.4, -0.2) is 21.6 Å². The number of hydrogen-bond donors (Lipinski definition) is 0. The van der Waals surface area contributed by atoms with Gasteiger partial charge in [0, 0.05) is 12.2 Å². The quantitative estimate of drug-likeness (QED) is 0.682. The number of methoxy groups -OCH3 is 1. The predicted molar refractivity (Wildman–Crippen MR) is 91.3 cm³/mol. The van der Waals surface area contributed by atoms with Gasteiger partial charge < -0.3 is 9.30 Å². The van der Waals surface area contributed by atoms with Crippen molar-refractivity contribution >= 4 is 22.6 Å². The van der Waals surface area contributed by atoms with Crippen LogP contribution in [0.4, 0.5) is 0 Å². The Bertz CT molecular complexity index is 855. The molecule has 118 valence electrons. The van der Waals surface area contributed by atoms with Gasteiger partial charge >= 0.3 is 0 Å². The molecule has 0 aliphatic heterocycles. The second kappa shape index (κ2) is 5.85. The van der Waals surface area contributed by atoms with E-state index in [0.29, 0.717) is 5.15 Å². The predicted octanol–water partition coefficient (Wildman–Crippen LogP) is 4.02. The maximum atomic E-state index is 6.37. The molecule has 4 nitrogen and oxygen atoms in total. The molecule has 1 aromatic carbocycles. The van der Waals surface area contributed by atoms with E-state index in [1.807, 2.05) is 12.1 Å². The molecule has 0 spiro atoms. The molecule has 0 radical (unpaired) electrons. The van der Waals surface area contributed by atoms with Crippen molar-refractivity contribution in [2.24, 2.45) is 0 Å². The molecule has 23 heavy (non-hydrogen) atoms. The number of aromatic nitrogens is 3. The van der Waals surface area contributed by atoms with Gasteiger partial charge in [-0.3, -0.25) is 0 Å². The van der Waals surface area contributed by atoms with Crippen molar-refractivity contribution in [2.45, 2.75) is 32.2 Å². The molecule has 2 heterocycles. The average Bonchev–Trinajstić information content (AvgIpc) is 2.91. The number of aryl methyl sites for hydroxylation is 1. The Morgan fingerprint density at radius 2 is 1.91 bits per heavy atom. The highest BCUT2D eigenvalue weighted by Gasteiger charge is 2.23. The summed E-state index contributed by atoms with van der Waals surface area (Å²) in [5, 5.41) is 1.61. The molecule has 2 aromatic heterocycles. The van der Waals surface area contributed by atoms with Crippen LogP contribution >= 0.6 is 11.6 Å². The Morgan fingerprint density at radius 1 is 1.13 bits per heavy atom. The average molecular weight is 328 g/mol. The van der Waals surface area contributed by atoms with Crippen LogP contribution in [0.5, 0.6) is 5.75 Å². The molecule has 0 N–H and O–H groups in total. The molecule has 0 amide bonds. The molecule has 4 rings (SSSR count). The Kier molecular flexibility index (Phi) is 3.69. The monoisotopic (exact) mass is 327 g/mol. The van der Waals surface area contributed by atoms with Crippen LogP contribution in [0.2, 0.25) is 5.15 Å². The van der Waals surface area contributed by atoms with Gasteiger partial charge in [-0.1, -0.05) is 23.7 Å². The van der Waals surface area contributed by atoms with E-state index in [9.17, 15) is 0 Å². The second-order valence-electron chi connectivity index (χ2n) is 5.93. The number of nitrogens with zero attached hydrogens (tertiary/aromatic N) is 3. The molecular formula is C18H18ClN3O. The first-order chi connectivity index (χ1) is 11.3. The molecule has 0 bridgehead atoms. The molecule has 0 saturated heterocycles. The van der Waals surface area contributed by atoms with Crippen molar-refractivity contribution in [3.05, 3.63) is 52.6 Å². The van der Waals surface area contributed by atoms with Crippen molar-refractivity contribution in [3.8, 4) is 5.75 Å². The van der Waals surface area contributed by atoms with Crippen LogP contribution in [0.3, 0.4) is 0 Å². The SMILES string of the molecule is COc1ccc(Cn2c3c(c4c(Cl)ncnc42)CCCC3)cc1. The van der Waals surface area contributed by atoms with Gasteiger partial charge in [0.25, 0.3) is 0 Å². The number of ether oxygens (including phenoxy) is 1. The minimum absolute atomic E-state index is 0.571.